The molecule has 190 valence electrons. The van der Waals surface area contributed by atoms with E-state index < -0.39 is 0 Å². The minimum atomic E-state index is -0.231. The standard InChI is InChI=1S/C32H26FN3O.ClH/c33-28-11-5-7-13-31(28)35-18-20-36(21-19-35)32(37)27-22-30(34-29-12-6-4-10-26(27)29)25-16-14-24(15-17-25)23-8-2-1-3-9-23;/h1-17,22H,18-21H2;1H. The number of carbonyl (C=O) groups excluding carboxylic acids is 1. The van der Waals surface area contributed by atoms with Crippen LogP contribution < -0.4 is 4.90 Å². The number of halogens is 2. The van der Waals surface area contributed by atoms with Crippen LogP contribution in [0.3, 0.4) is 0 Å². The zero-order valence-electron chi connectivity index (χ0n) is 20.8. The van der Waals surface area contributed by atoms with Gasteiger partial charge in [-0.25, -0.2) is 9.37 Å². The minimum Gasteiger partial charge on any atom is -0.366 e. The summed E-state index contributed by atoms with van der Waals surface area (Å²) in [6, 6.07) is 35.0. The van der Waals surface area contributed by atoms with Crippen molar-refractivity contribution in [1.82, 2.24) is 9.88 Å². The molecule has 0 atom stereocenters. The summed E-state index contributed by atoms with van der Waals surface area (Å²) >= 11 is 0. The molecule has 5 aromatic rings. The zero-order valence-corrected chi connectivity index (χ0v) is 21.6. The zero-order chi connectivity index (χ0) is 25.2. The molecule has 4 nitrogen and oxygen atoms in total. The van der Waals surface area contributed by atoms with Crippen molar-refractivity contribution in [2.75, 3.05) is 31.1 Å². The van der Waals surface area contributed by atoms with Crippen LogP contribution in [0.1, 0.15) is 10.4 Å². The number of piperazine rings is 1. The van der Waals surface area contributed by atoms with Crippen molar-refractivity contribution in [3.05, 3.63) is 121 Å². The summed E-state index contributed by atoms with van der Waals surface area (Å²) in [6.07, 6.45) is 0. The second kappa shape index (κ2) is 11.0. The molecule has 1 fully saturated rings. The van der Waals surface area contributed by atoms with Gasteiger partial charge in [-0.05, 0) is 35.4 Å². The second-order valence-corrected chi connectivity index (χ2v) is 9.25. The molecular formula is C32H27ClFN3O. The monoisotopic (exact) mass is 523 g/mol. The van der Waals surface area contributed by atoms with Crippen LogP contribution in [0.5, 0.6) is 0 Å². The highest BCUT2D eigenvalue weighted by Gasteiger charge is 2.25. The van der Waals surface area contributed by atoms with E-state index in [-0.39, 0.29) is 24.1 Å². The lowest BCUT2D eigenvalue weighted by molar-refractivity contribution is 0.0748. The maximum absolute atomic E-state index is 14.3. The van der Waals surface area contributed by atoms with Crippen molar-refractivity contribution in [3.63, 3.8) is 0 Å². The summed E-state index contributed by atoms with van der Waals surface area (Å²) in [7, 11) is 0. The van der Waals surface area contributed by atoms with E-state index in [1.165, 1.54) is 6.07 Å². The molecule has 38 heavy (non-hydrogen) atoms. The molecule has 6 rings (SSSR count). The Morgan fingerprint density at radius 3 is 2.03 bits per heavy atom. The molecule has 1 aromatic heterocycles. The Labute approximate surface area is 227 Å². The van der Waals surface area contributed by atoms with Gasteiger partial charge in [-0.3, -0.25) is 4.79 Å². The molecule has 0 bridgehead atoms. The van der Waals surface area contributed by atoms with Gasteiger partial charge in [0.2, 0.25) is 0 Å². The Bertz CT molecular complexity index is 1570. The van der Waals surface area contributed by atoms with Crippen molar-refractivity contribution < 1.29 is 9.18 Å². The van der Waals surface area contributed by atoms with Crippen LogP contribution in [0.4, 0.5) is 10.1 Å². The van der Waals surface area contributed by atoms with Gasteiger partial charge in [0.15, 0.2) is 0 Å². The summed E-state index contributed by atoms with van der Waals surface area (Å²) < 4.78 is 14.3. The highest BCUT2D eigenvalue weighted by atomic mass is 35.5. The van der Waals surface area contributed by atoms with E-state index in [9.17, 15) is 9.18 Å². The molecule has 1 aliphatic rings. The van der Waals surface area contributed by atoms with E-state index in [4.69, 9.17) is 4.98 Å². The number of rotatable bonds is 4. The predicted molar refractivity (Wildman–Crippen MR) is 154 cm³/mol. The van der Waals surface area contributed by atoms with Gasteiger partial charge in [0.05, 0.1) is 22.5 Å². The number of amides is 1. The maximum Gasteiger partial charge on any atom is 0.254 e. The van der Waals surface area contributed by atoms with Gasteiger partial charge in [-0.1, -0.05) is 84.9 Å². The number of fused-ring (bicyclic) bond motifs is 1. The number of hydrogen-bond donors (Lipinski definition) is 0. The molecule has 0 saturated carbocycles. The predicted octanol–water partition coefficient (Wildman–Crippen LogP) is 7.09. The Kier molecular flexibility index (Phi) is 7.38. The Hall–Kier alpha value is -4.22. The Morgan fingerprint density at radius 1 is 0.684 bits per heavy atom. The summed E-state index contributed by atoms with van der Waals surface area (Å²) in [4.78, 5) is 22.5. The van der Waals surface area contributed by atoms with Gasteiger partial charge in [-0.2, -0.15) is 0 Å². The van der Waals surface area contributed by atoms with E-state index in [2.05, 4.69) is 36.4 Å². The quantitative estimate of drug-likeness (QED) is 0.252. The van der Waals surface area contributed by atoms with Crippen molar-refractivity contribution in [1.29, 1.82) is 0 Å². The molecule has 1 amide bonds. The number of benzene rings is 4. The lowest BCUT2D eigenvalue weighted by atomic mass is 10.00. The number of nitrogens with zero attached hydrogens (tertiary/aromatic N) is 3. The Balaban J connectivity index is 0.00000294. The first kappa shape index (κ1) is 25.4. The fourth-order valence-electron chi connectivity index (χ4n) is 4.99. The third-order valence-corrected chi connectivity index (χ3v) is 6.99. The average molecular weight is 524 g/mol. The molecule has 0 N–H and O–H groups in total. The summed E-state index contributed by atoms with van der Waals surface area (Å²) in [6.45, 7) is 2.24. The van der Waals surface area contributed by atoms with Crippen molar-refractivity contribution in [2.24, 2.45) is 0 Å². The maximum atomic E-state index is 14.3. The smallest absolute Gasteiger partial charge is 0.254 e. The first-order valence-corrected chi connectivity index (χ1v) is 12.5. The summed E-state index contributed by atoms with van der Waals surface area (Å²) in [5, 5.41) is 0.841. The topological polar surface area (TPSA) is 36.4 Å². The number of para-hydroxylation sites is 2. The van der Waals surface area contributed by atoms with Crippen molar-refractivity contribution in [3.8, 4) is 22.4 Å². The second-order valence-electron chi connectivity index (χ2n) is 9.25. The van der Waals surface area contributed by atoms with Crippen molar-refractivity contribution >= 4 is 34.9 Å². The number of aromatic nitrogens is 1. The SMILES string of the molecule is Cl.O=C(c1cc(-c2ccc(-c3ccccc3)cc2)nc2ccccc12)N1CCN(c2ccccc2F)CC1. The van der Waals surface area contributed by atoms with E-state index >= 15 is 0 Å². The molecule has 1 saturated heterocycles. The largest absolute Gasteiger partial charge is 0.366 e. The van der Waals surface area contributed by atoms with Gasteiger partial charge >= 0.3 is 0 Å². The molecule has 4 aromatic carbocycles. The van der Waals surface area contributed by atoms with Gasteiger partial charge in [0.25, 0.3) is 5.91 Å². The number of hydrogen-bond acceptors (Lipinski definition) is 3. The number of pyridine rings is 1. The molecule has 0 unspecified atom stereocenters. The highest BCUT2D eigenvalue weighted by molar-refractivity contribution is 6.07. The molecule has 2 heterocycles. The summed E-state index contributed by atoms with van der Waals surface area (Å²) in [5.41, 5.74) is 6.05. The molecule has 1 aliphatic heterocycles. The van der Waals surface area contributed by atoms with E-state index in [1.807, 2.05) is 64.4 Å². The third-order valence-electron chi connectivity index (χ3n) is 6.99. The van der Waals surface area contributed by atoms with Gasteiger partial charge in [0, 0.05) is 37.1 Å². The van der Waals surface area contributed by atoms with E-state index in [1.54, 1.807) is 12.1 Å². The van der Waals surface area contributed by atoms with Gasteiger partial charge in [0.1, 0.15) is 5.82 Å². The van der Waals surface area contributed by atoms with Crippen LogP contribution in [0.2, 0.25) is 0 Å². The van der Waals surface area contributed by atoms with E-state index in [0.29, 0.717) is 37.4 Å². The van der Waals surface area contributed by atoms with Crippen LogP contribution in [-0.2, 0) is 0 Å². The average Bonchev–Trinajstić information content (AvgIpc) is 2.97. The number of anilines is 1. The molecular weight excluding hydrogens is 497 g/mol. The van der Waals surface area contributed by atoms with Crippen LogP contribution in [0, 0.1) is 5.82 Å². The highest BCUT2D eigenvalue weighted by Crippen LogP contribution is 2.29. The van der Waals surface area contributed by atoms with Gasteiger partial charge < -0.3 is 9.80 Å². The van der Waals surface area contributed by atoms with Crippen LogP contribution in [-0.4, -0.2) is 42.0 Å². The lowest BCUT2D eigenvalue weighted by Gasteiger charge is -2.36. The first-order valence-electron chi connectivity index (χ1n) is 12.5. The molecule has 6 heteroatoms. The minimum absolute atomic E-state index is 0. The van der Waals surface area contributed by atoms with Crippen molar-refractivity contribution in [2.45, 2.75) is 0 Å². The molecule has 0 aliphatic carbocycles. The summed E-state index contributed by atoms with van der Waals surface area (Å²) in [5.74, 6) is -0.251. The number of carbonyl (C=O) groups is 1. The molecule has 0 radical (unpaired) electrons. The third kappa shape index (κ3) is 4.98. The van der Waals surface area contributed by atoms with Gasteiger partial charge in [-0.15, -0.1) is 12.4 Å². The normalized spacial score (nSPS) is 13.3. The Morgan fingerprint density at radius 2 is 1.29 bits per heavy atom. The first-order chi connectivity index (χ1) is 18.2. The van der Waals surface area contributed by atoms with Crippen LogP contribution in [0.25, 0.3) is 33.3 Å². The fourth-order valence-corrected chi connectivity index (χ4v) is 4.99. The van der Waals surface area contributed by atoms with Crippen LogP contribution in [0.15, 0.2) is 109 Å². The van der Waals surface area contributed by atoms with Crippen LogP contribution >= 0.6 is 12.4 Å². The molecule has 0 spiro atoms. The van der Waals surface area contributed by atoms with E-state index in [0.717, 1.165) is 33.3 Å². The fraction of sp³-hybridized carbons (Fsp3) is 0.125. The lowest BCUT2D eigenvalue weighted by Crippen LogP contribution is -2.49.